The molecular formula is C19H20N4O3. The lowest BCUT2D eigenvalue weighted by molar-refractivity contribution is -0.117. The van der Waals surface area contributed by atoms with Gasteiger partial charge in [0.25, 0.3) is 5.91 Å². The number of carbonyl (C=O) groups excluding carboxylic acids is 2. The molecule has 2 aliphatic heterocycles. The van der Waals surface area contributed by atoms with Gasteiger partial charge in [-0.25, -0.2) is 9.69 Å². The van der Waals surface area contributed by atoms with Crippen molar-refractivity contribution < 1.29 is 14.4 Å². The highest BCUT2D eigenvalue weighted by molar-refractivity contribution is 6.16. The van der Waals surface area contributed by atoms with Crippen LogP contribution in [0.25, 0.3) is 0 Å². The first-order valence-electron chi connectivity index (χ1n) is 8.58. The van der Waals surface area contributed by atoms with E-state index in [0.29, 0.717) is 35.7 Å². The Balaban J connectivity index is 1.71. The van der Waals surface area contributed by atoms with Crippen molar-refractivity contribution in [1.29, 1.82) is 0 Å². The number of hydroxylamine groups is 2. The minimum absolute atomic E-state index is 0.247. The fraction of sp³-hybridized carbons (Fsp3) is 0.263. The van der Waals surface area contributed by atoms with E-state index < -0.39 is 6.09 Å². The molecule has 0 radical (unpaired) electrons. The van der Waals surface area contributed by atoms with Crippen LogP contribution in [-0.2, 0) is 4.84 Å². The van der Waals surface area contributed by atoms with Gasteiger partial charge in [-0.2, -0.15) is 0 Å². The summed E-state index contributed by atoms with van der Waals surface area (Å²) in [6.45, 7) is 2.97. The van der Waals surface area contributed by atoms with Crippen molar-refractivity contribution in [2.45, 2.75) is 0 Å². The van der Waals surface area contributed by atoms with Crippen LogP contribution in [0.4, 0.5) is 21.9 Å². The van der Waals surface area contributed by atoms with Gasteiger partial charge < -0.3 is 15.1 Å². The normalized spacial score (nSPS) is 17.7. The molecule has 2 aliphatic rings. The number of amides is 2. The average molecular weight is 352 g/mol. The Morgan fingerprint density at radius 3 is 2.38 bits per heavy atom. The Morgan fingerprint density at radius 1 is 0.962 bits per heavy atom. The van der Waals surface area contributed by atoms with Gasteiger partial charge in [0, 0.05) is 26.2 Å². The number of hydrogen-bond donors (Lipinski definition) is 1. The maximum absolute atomic E-state index is 13.0. The summed E-state index contributed by atoms with van der Waals surface area (Å²) in [6, 6.07) is 14.2. The lowest BCUT2D eigenvalue weighted by atomic mass is 10.1. The molecule has 1 fully saturated rings. The number of nitrogens with one attached hydrogen (secondary N) is 1. The molecule has 2 aromatic rings. The fourth-order valence-corrected chi connectivity index (χ4v) is 3.18. The third-order valence-electron chi connectivity index (χ3n) is 4.63. The highest BCUT2D eigenvalue weighted by atomic mass is 16.7. The zero-order valence-electron chi connectivity index (χ0n) is 14.5. The number of para-hydroxylation sites is 3. The zero-order chi connectivity index (χ0) is 18.1. The van der Waals surface area contributed by atoms with E-state index in [4.69, 9.17) is 4.84 Å². The third kappa shape index (κ3) is 3.02. The van der Waals surface area contributed by atoms with Crippen molar-refractivity contribution in [3.8, 4) is 0 Å². The molecule has 0 bridgehead atoms. The Labute approximate surface area is 151 Å². The fourth-order valence-electron chi connectivity index (χ4n) is 3.18. The van der Waals surface area contributed by atoms with Crippen LogP contribution in [0.2, 0.25) is 0 Å². The second-order valence-corrected chi connectivity index (χ2v) is 6.41. The van der Waals surface area contributed by atoms with Crippen molar-refractivity contribution in [3.63, 3.8) is 0 Å². The first-order chi connectivity index (χ1) is 12.6. The summed E-state index contributed by atoms with van der Waals surface area (Å²) < 4.78 is 0. The van der Waals surface area contributed by atoms with Crippen LogP contribution in [0, 0.1) is 0 Å². The van der Waals surface area contributed by atoms with E-state index >= 15 is 0 Å². The molecular weight excluding hydrogens is 332 g/mol. The molecule has 2 aromatic carbocycles. The smallest absolute Gasteiger partial charge is 0.350 e. The van der Waals surface area contributed by atoms with E-state index in [1.165, 1.54) is 4.90 Å². The lowest BCUT2D eigenvalue weighted by Crippen LogP contribution is -2.46. The molecule has 0 unspecified atom stereocenters. The maximum atomic E-state index is 13.0. The summed E-state index contributed by atoms with van der Waals surface area (Å²) in [7, 11) is 2.04. The SMILES string of the molecule is CN1CCN(OC(=O)N2c3ccccc3NC(=O)c3ccccc32)CC1. The van der Waals surface area contributed by atoms with Gasteiger partial charge in [-0.1, -0.05) is 24.3 Å². The van der Waals surface area contributed by atoms with Crippen LogP contribution in [0.15, 0.2) is 48.5 Å². The molecule has 0 saturated carbocycles. The largest absolute Gasteiger partial charge is 0.438 e. The van der Waals surface area contributed by atoms with Crippen LogP contribution in [0.5, 0.6) is 0 Å². The molecule has 1 saturated heterocycles. The average Bonchev–Trinajstić information content (AvgIpc) is 2.77. The number of fused-ring (bicyclic) bond motifs is 2. The number of anilines is 3. The van der Waals surface area contributed by atoms with Crippen LogP contribution < -0.4 is 10.2 Å². The van der Waals surface area contributed by atoms with Gasteiger partial charge in [0.15, 0.2) is 0 Å². The number of piperazine rings is 1. The summed E-state index contributed by atoms with van der Waals surface area (Å²) in [4.78, 5) is 34.9. The summed E-state index contributed by atoms with van der Waals surface area (Å²) in [5, 5.41) is 4.54. The Morgan fingerprint density at radius 2 is 1.62 bits per heavy atom. The molecule has 7 heteroatoms. The molecule has 7 nitrogen and oxygen atoms in total. The van der Waals surface area contributed by atoms with Gasteiger partial charge in [0.2, 0.25) is 0 Å². The van der Waals surface area contributed by atoms with Crippen molar-refractivity contribution in [2.75, 3.05) is 43.4 Å². The first kappa shape index (κ1) is 16.6. The van der Waals surface area contributed by atoms with Crippen molar-refractivity contribution in [1.82, 2.24) is 9.96 Å². The van der Waals surface area contributed by atoms with Gasteiger partial charge in [-0.15, -0.1) is 5.06 Å². The molecule has 2 heterocycles. The van der Waals surface area contributed by atoms with Crippen LogP contribution in [0.3, 0.4) is 0 Å². The van der Waals surface area contributed by atoms with E-state index in [1.54, 1.807) is 41.5 Å². The predicted octanol–water partition coefficient (Wildman–Crippen LogP) is 2.69. The summed E-state index contributed by atoms with van der Waals surface area (Å²) in [6.07, 6.45) is -0.522. The van der Waals surface area contributed by atoms with E-state index in [1.807, 2.05) is 19.2 Å². The van der Waals surface area contributed by atoms with Gasteiger partial charge >= 0.3 is 6.09 Å². The van der Waals surface area contributed by atoms with Crippen molar-refractivity contribution >= 4 is 29.1 Å². The monoisotopic (exact) mass is 352 g/mol. The maximum Gasteiger partial charge on any atom is 0.438 e. The van der Waals surface area contributed by atoms with Gasteiger partial charge in [0.1, 0.15) is 0 Å². The third-order valence-corrected chi connectivity index (χ3v) is 4.63. The molecule has 0 atom stereocenters. The Kier molecular flexibility index (Phi) is 4.32. The second-order valence-electron chi connectivity index (χ2n) is 6.41. The van der Waals surface area contributed by atoms with E-state index in [2.05, 4.69) is 10.2 Å². The highest BCUT2D eigenvalue weighted by Gasteiger charge is 2.31. The first-order valence-corrected chi connectivity index (χ1v) is 8.58. The van der Waals surface area contributed by atoms with E-state index in [0.717, 1.165) is 13.1 Å². The van der Waals surface area contributed by atoms with Gasteiger partial charge in [-0.05, 0) is 31.3 Å². The molecule has 4 rings (SSSR count). The number of rotatable bonds is 1. The number of hydrogen-bond acceptors (Lipinski definition) is 5. The number of benzene rings is 2. The molecule has 2 amide bonds. The summed E-state index contributed by atoms with van der Waals surface area (Å²) >= 11 is 0. The lowest BCUT2D eigenvalue weighted by Gasteiger charge is -2.32. The molecule has 26 heavy (non-hydrogen) atoms. The standard InChI is InChI=1S/C19H20N4O3/c1-21-10-12-22(13-11-21)26-19(25)23-16-8-4-2-6-14(16)18(24)20-15-7-3-5-9-17(15)23/h2-9H,10-13H2,1H3,(H,20,24). The summed E-state index contributed by atoms with van der Waals surface area (Å²) in [5.74, 6) is -0.247. The summed E-state index contributed by atoms with van der Waals surface area (Å²) in [5.41, 5.74) is 2.10. The van der Waals surface area contributed by atoms with Crippen LogP contribution in [0.1, 0.15) is 10.4 Å². The quantitative estimate of drug-likeness (QED) is 0.855. The predicted molar refractivity (Wildman–Crippen MR) is 98.5 cm³/mol. The van der Waals surface area contributed by atoms with Crippen LogP contribution >= 0.6 is 0 Å². The Bertz CT molecular complexity index is 846. The molecule has 0 spiro atoms. The minimum Gasteiger partial charge on any atom is -0.350 e. The molecule has 0 aliphatic carbocycles. The van der Waals surface area contributed by atoms with Gasteiger partial charge in [0.05, 0.1) is 22.6 Å². The zero-order valence-corrected chi connectivity index (χ0v) is 14.5. The minimum atomic E-state index is -0.522. The van der Waals surface area contributed by atoms with E-state index in [9.17, 15) is 9.59 Å². The second kappa shape index (κ2) is 6.78. The Hall–Kier alpha value is -2.90. The topological polar surface area (TPSA) is 65.1 Å². The van der Waals surface area contributed by atoms with Crippen molar-refractivity contribution in [2.24, 2.45) is 0 Å². The number of likely N-dealkylation sites (N-methyl/N-ethyl adjacent to an activating group) is 1. The molecule has 0 aromatic heterocycles. The van der Waals surface area contributed by atoms with Crippen molar-refractivity contribution in [3.05, 3.63) is 54.1 Å². The van der Waals surface area contributed by atoms with Gasteiger partial charge in [-0.3, -0.25) is 4.79 Å². The van der Waals surface area contributed by atoms with E-state index in [-0.39, 0.29) is 5.91 Å². The van der Waals surface area contributed by atoms with Crippen LogP contribution in [-0.4, -0.2) is 55.2 Å². The number of carbonyl (C=O) groups is 2. The number of nitrogens with zero attached hydrogens (tertiary/aromatic N) is 3. The highest BCUT2D eigenvalue weighted by Crippen LogP contribution is 2.38. The molecule has 134 valence electrons. The molecule has 1 N–H and O–H groups in total.